The van der Waals surface area contributed by atoms with Crippen LogP contribution in [0, 0.1) is 6.92 Å². The van der Waals surface area contributed by atoms with E-state index in [1.807, 2.05) is 45.0 Å². The van der Waals surface area contributed by atoms with Crippen molar-refractivity contribution in [1.82, 2.24) is 9.88 Å². The number of ether oxygens (including phenoxy) is 2. The Morgan fingerprint density at radius 2 is 2.11 bits per heavy atom. The molecule has 2 aromatic rings. The highest BCUT2D eigenvalue weighted by Crippen LogP contribution is 2.41. The van der Waals surface area contributed by atoms with E-state index in [0.29, 0.717) is 13.0 Å². The molecule has 1 aliphatic rings. The molecule has 6 nitrogen and oxygen atoms in total. The molecule has 0 fully saturated rings. The molecule has 27 heavy (non-hydrogen) atoms. The minimum absolute atomic E-state index is 0.0883. The second-order valence-corrected chi connectivity index (χ2v) is 7.50. The fourth-order valence-corrected chi connectivity index (χ4v) is 3.48. The number of pyridine rings is 1. The Labute approximate surface area is 159 Å². The third-order valence-corrected chi connectivity index (χ3v) is 4.84. The first kappa shape index (κ1) is 19.0. The van der Waals surface area contributed by atoms with Gasteiger partial charge in [0, 0.05) is 42.8 Å². The van der Waals surface area contributed by atoms with Gasteiger partial charge in [-0.1, -0.05) is 6.07 Å². The van der Waals surface area contributed by atoms with Gasteiger partial charge in [0.05, 0.1) is 13.2 Å². The maximum absolute atomic E-state index is 12.6. The van der Waals surface area contributed by atoms with Crippen molar-refractivity contribution in [3.8, 4) is 11.5 Å². The smallest absolute Gasteiger partial charge is 0.250 e. The van der Waals surface area contributed by atoms with Crippen LogP contribution in [0.5, 0.6) is 11.5 Å². The lowest BCUT2D eigenvalue weighted by Crippen LogP contribution is -2.41. The summed E-state index contributed by atoms with van der Waals surface area (Å²) in [6.45, 7) is 6.23. The number of amides is 1. The van der Waals surface area contributed by atoms with Gasteiger partial charge in [-0.3, -0.25) is 9.59 Å². The standard InChI is InChI=1S/C21H26N2O4/c1-14-6-5-7-20(25)23(14)11-10-19(24)22-17-13-21(2,3)27-18-12-15(26-4)8-9-16(17)18/h5-9,12,17H,10-11,13H2,1-4H3,(H,22,24)/t17-/m1/s1. The summed E-state index contributed by atoms with van der Waals surface area (Å²) >= 11 is 0. The van der Waals surface area contributed by atoms with E-state index < -0.39 is 5.60 Å². The van der Waals surface area contributed by atoms with Crippen molar-refractivity contribution < 1.29 is 14.3 Å². The first-order valence-corrected chi connectivity index (χ1v) is 9.12. The lowest BCUT2D eigenvalue weighted by atomic mass is 9.89. The van der Waals surface area contributed by atoms with Gasteiger partial charge in [0.1, 0.15) is 17.1 Å². The van der Waals surface area contributed by atoms with E-state index in [2.05, 4.69) is 5.32 Å². The second kappa shape index (κ2) is 7.47. The molecule has 0 bridgehead atoms. The third kappa shape index (κ3) is 4.32. The Hall–Kier alpha value is -2.76. The number of hydrogen-bond donors (Lipinski definition) is 1. The number of fused-ring (bicyclic) bond motifs is 1. The number of nitrogens with one attached hydrogen (secondary N) is 1. The third-order valence-electron chi connectivity index (χ3n) is 4.84. The van der Waals surface area contributed by atoms with Crippen LogP contribution in [0.25, 0.3) is 0 Å². The number of benzene rings is 1. The van der Waals surface area contributed by atoms with Crippen LogP contribution in [0.4, 0.5) is 0 Å². The van der Waals surface area contributed by atoms with Crippen molar-refractivity contribution in [1.29, 1.82) is 0 Å². The Bertz CT molecular complexity index is 901. The van der Waals surface area contributed by atoms with Crippen LogP contribution < -0.4 is 20.3 Å². The highest BCUT2D eigenvalue weighted by molar-refractivity contribution is 5.76. The summed E-state index contributed by atoms with van der Waals surface area (Å²) in [7, 11) is 1.61. The zero-order valence-electron chi connectivity index (χ0n) is 16.2. The quantitative estimate of drug-likeness (QED) is 0.878. The molecule has 0 saturated carbocycles. The van der Waals surface area contributed by atoms with Crippen LogP contribution in [0.1, 0.15) is 44.0 Å². The molecule has 1 aliphatic heterocycles. The first-order chi connectivity index (χ1) is 12.8. The summed E-state index contributed by atoms with van der Waals surface area (Å²) in [4.78, 5) is 24.5. The molecular weight excluding hydrogens is 344 g/mol. The van der Waals surface area contributed by atoms with Gasteiger partial charge < -0.3 is 19.4 Å². The van der Waals surface area contributed by atoms with Crippen LogP contribution in [0.2, 0.25) is 0 Å². The van der Waals surface area contributed by atoms with Gasteiger partial charge in [0.15, 0.2) is 0 Å². The van der Waals surface area contributed by atoms with Crippen molar-refractivity contribution in [2.45, 2.75) is 51.8 Å². The largest absolute Gasteiger partial charge is 0.497 e. The van der Waals surface area contributed by atoms with E-state index in [-0.39, 0.29) is 23.9 Å². The topological polar surface area (TPSA) is 69.6 Å². The van der Waals surface area contributed by atoms with E-state index in [1.54, 1.807) is 17.7 Å². The Kier molecular flexibility index (Phi) is 5.26. The van der Waals surface area contributed by atoms with Gasteiger partial charge in [0.2, 0.25) is 5.91 Å². The molecule has 3 rings (SSSR count). The SMILES string of the molecule is COc1ccc2c(c1)OC(C)(C)C[C@H]2NC(=O)CCn1c(C)cccc1=O. The number of carbonyl (C=O) groups excluding carboxylic acids is 1. The predicted octanol–water partition coefficient (Wildman–Crippen LogP) is 2.97. The zero-order valence-corrected chi connectivity index (χ0v) is 16.2. The Morgan fingerprint density at radius 1 is 1.33 bits per heavy atom. The predicted molar refractivity (Wildman–Crippen MR) is 103 cm³/mol. The molecule has 1 aromatic carbocycles. The number of carbonyl (C=O) groups is 1. The van der Waals surface area contributed by atoms with E-state index in [9.17, 15) is 9.59 Å². The second-order valence-electron chi connectivity index (χ2n) is 7.50. The number of rotatable bonds is 5. The summed E-state index contributed by atoms with van der Waals surface area (Å²) < 4.78 is 13.0. The molecule has 0 saturated heterocycles. The Balaban J connectivity index is 1.73. The maximum atomic E-state index is 12.6. The molecule has 0 aliphatic carbocycles. The van der Waals surface area contributed by atoms with Crippen LogP contribution in [-0.2, 0) is 11.3 Å². The summed E-state index contributed by atoms with van der Waals surface area (Å²) in [5, 5.41) is 3.10. The van der Waals surface area contributed by atoms with Crippen molar-refractivity contribution in [3.63, 3.8) is 0 Å². The van der Waals surface area contributed by atoms with Crippen molar-refractivity contribution in [2.24, 2.45) is 0 Å². The average Bonchev–Trinajstić information content (AvgIpc) is 2.59. The molecule has 6 heteroatoms. The minimum Gasteiger partial charge on any atom is -0.497 e. The van der Waals surface area contributed by atoms with Crippen molar-refractivity contribution >= 4 is 5.91 Å². The van der Waals surface area contributed by atoms with Gasteiger partial charge in [-0.15, -0.1) is 0 Å². The number of methoxy groups -OCH3 is 1. The molecule has 1 amide bonds. The molecular formula is C21H26N2O4. The lowest BCUT2D eigenvalue weighted by Gasteiger charge is -2.38. The Morgan fingerprint density at radius 3 is 2.81 bits per heavy atom. The molecule has 0 unspecified atom stereocenters. The minimum atomic E-state index is -0.399. The molecule has 1 aromatic heterocycles. The highest BCUT2D eigenvalue weighted by Gasteiger charge is 2.34. The normalized spacial score (nSPS) is 17.6. The fraction of sp³-hybridized carbons (Fsp3) is 0.429. The summed E-state index contributed by atoms with van der Waals surface area (Å²) in [5.74, 6) is 1.36. The first-order valence-electron chi connectivity index (χ1n) is 9.12. The summed E-state index contributed by atoms with van der Waals surface area (Å²) in [5.41, 5.74) is 1.30. The van der Waals surface area contributed by atoms with Crippen LogP contribution in [-0.4, -0.2) is 23.2 Å². The van der Waals surface area contributed by atoms with E-state index >= 15 is 0 Å². The molecule has 2 heterocycles. The van der Waals surface area contributed by atoms with Crippen molar-refractivity contribution in [2.75, 3.05) is 7.11 Å². The molecule has 0 radical (unpaired) electrons. The maximum Gasteiger partial charge on any atom is 0.250 e. The average molecular weight is 370 g/mol. The van der Waals surface area contributed by atoms with Crippen molar-refractivity contribution in [3.05, 3.63) is 58.0 Å². The summed E-state index contributed by atoms with van der Waals surface area (Å²) in [6.07, 6.45) is 0.913. The fourth-order valence-electron chi connectivity index (χ4n) is 3.48. The van der Waals surface area contributed by atoms with Gasteiger partial charge in [-0.05, 0) is 39.0 Å². The molecule has 0 spiro atoms. The van der Waals surface area contributed by atoms with E-state index in [1.165, 1.54) is 6.07 Å². The van der Waals surface area contributed by atoms with Gasteiger partial charge in [0.25, 0.3) is 5.56 Å². The summed E-state index contributed by atoms with van der Waals surface area (Å²) in [6, 6.07) is 10.6. The van der Waals surface area contributed by atoms with Crippen LogP contribution in [0.3, 0.4) is 0 Å². The molecule has 144 valence electrons. The lowest BCUT2D eigenvalue weighted by molar-refractivity contribution is -0.122. The monoisotopic (exact) mass is 370 g/mol. The van der Waals surface area contributed by atoms with E-state index in [4.69, 9.17) is 9.47 Å². The van der Waals surface area contributed by atoms with Gasteiger partial charge >= 0.3 is 0 Å². The van der Waals surface area contributed by atoms with Gasteiger partial charge in [-0.25, -0.2) is 0 Å². The molecule has 1 atom stereocenters. The van der Waals surface area contributed by atoms with Gasteiger partial charge in [-0.2, -0.15) is 0 Å². The van der Waals surface area contributed by atoms with Crippen LogP contribution >= 0.6 is 0 Å². The van der Waals surface area contributed by atoms with E-state index in [0.717, 1.165) is 22.8 Å². The van der Waals surface area contributed by atoms with Crippen LogP contribution in [0.15, 0.2) is 41.2 Å². The number of aromatic nitrogens is 1. The number of hydrogen-bond acceptors (Lipinski definition) is 4. The number of aryl methyl sites for hydroxylation is 1. The number of nitrogens with zero attached hydrogens (tertiary/aromatic N) is 1. The highest BCUT2D eigenvalue weighted by atomic mass is 16.5. The molecule has 1 N–H and O–H groups in total. The zero-order chi connectivity index (χ0) is 19.6.